The minimum atomic E-state index is -0.294. The molecule has 0 aliphatic carbocycles. The van der Waals surface area contributed by atoms with Crippen LogP contribution in [0.1, 0.15) is 36.6 Å². The van der Waals surface area contributed by atoms with Crippen molar-refractivity contribution in [2.24, 2.45) is 0 Å². The Bertz CT molecular complexity index is 1100. The van der Waals surface area contributed by atoms with E-state index in [1.807, 2.05) is 30.3 Å². The van der Waals surface area contributed by atoms with E-state index in [9.17, 15) is 9.59 Å². The number of carbonyl (C=O) groups is 1. The van der Waals surface area contributed by atoms with Gasteiger partial charge in [0.05, 0.1) is 0 Å². The van der Waals surface area contributed by atoms with E-state index in [2.05, 4.69) is 24.1 Å². The molecule has 0 bridgehead atoms. The normalized spacial score (nSPS) is 11.0. The molecule has 3 aromatic rings. The Morgan fingerprint density at radius 3 is 2.45 bits per heavy atom. The van der Waals surface area contributed by atoms with Gasteiger partial charge in [-0.25, -0.2) is 4.98 Å². The number of aromatic nitrogens is 2. The SMILES string of the molecule is Cc1nc(-c2cccc(Cl)c2)n(CC(=O)Nc2ccc(C(C)C)cc2)c(=O)c1C. The fourth-order valence-electron chi connectivity index (χ4n) is 3.05. The molecule has 1 N–H and O–H groups in total. The Morgan fingerprint density at radius 2 is 1.83 bits per heavy atom. The molecule has 0 aliphatic rings. The lowest BCUT2D eigenvalue weighted by molar-refractivity contribution is -0.116. The van der Waals surface area contributed by atoms with E-state index in [0.717, 1.165) is 0 Å². The fourth-order valence-corrected chi connectivity index (χ4v) is 3.24. The molecule has 150 valence electrons. The second-order valence-electron chi connectivity index (χ2n) is 7.37. The van der Waals surface area contributed by atoms with Crippen LogP contribution in [-0.4, -0.2) is 15.5 Å². The Hall–Kier alpha value is -2.92. The first-order chi connectivity index (χ1) is 13.8. The number of hydrogen-bond donors (Lipinski definition) is 1. The van der Waals surface area contributed by atoms with Gasteiger partial charge in [-0.05, 0) is 49.6 Å². The Balaban J connectivity index is 1.92. The minimum Gasteiger partial charge on any atom is -0.325 e. The zero-order valence-corrected chi connectivity index (χ0v) is 17.7. The summed E-state index contributed by atoms with van der Waals surface area (Å²) in [5.41, 5.74) is 3.48. The standard InChI is InChI=1S/C23H24ClN3O2/c1-14(2)17-8-10-20(11-9-17)26-21(28)13-27-22(18-6-5-7-19(24)12-18)25-16(4)15(3)23(27)29/h5-12,14H,13H2,1-4H3,(H,26,28). The molecule has 3 rings (SSSR count). The van der Waals surface area contributed by atoms with Crippen LogP contribution in [0.2, 0.25) is 5.02 Å². The van der Waals surface area contributed by atoms with Gasteiger partial charge in [0, 0.05) is 27.5 Å². The average molecular weight is 410 g/mol. The van der Waals surface area contributed by atoms with Gasteiger partial charge in [-0.2, -0.15) is 0 Å². The van der Waals surface area contributed by atoms with Gasteiger partial charge in [0.2, 0.25) is 5.91 Å². The van der Waals surface area contributed by atoms with E-state index < -0.39 is 0 Å². The third-order valence-corrected chi connectivity index (χ3v) is 5.12. The second kappa shape index (κ2) is 8.62. The summed E-state index contributed by atoms with van der Waals surface area (Å²) >= 11 is 6.11. The van der Waals surface area contributed by atoms with E-state index in [4.69, 9.17) is 11.6 Å². The van der Waals surface area contributed by atoms with Gasteiger partial charge >= 0.3 is 0 Å². The first-order valence-electron chi connectivity index (χ1n) is 9.50. The molecule has 5 nitrogen and oxygen atoms in total. The van der Waals surface area contributed by atoms with Crippen LogP contribution in [0.5, 0.6) is 0 Å². The quantitative estimate of drug-likeness (QED) is 0.648. The summed E-state index contributed by atoms with van der Waals surface area (Å²) < 4.78 is 1.39. The highest BCUT2D eigenvalue weighted by Crippen LogP contribution is 2.21. The maximum atomic E-state index is 12.9. The van der Waals surface area contributed by atoms with Crippen molar-refractivity contribution in [2.75, 3.05) is 5.32 Å². The summed E-state index contributed by atoms with van der Waals surface area (Å²) in [5, 5.41) is 3.39. The van der Waals surface area contributed by atoms with Gasteiger partial charge in [-0.15, -0.1) is 0 Å². The molecule has 29 heavy (non-hydrogen) atoms. The summed E-state index contributed by atoms with van der Waals surface area (Å²) in [6, 6.07) is 14.8. The number of hydrogen-bond acceptors (Lipinski definition) is 3. The van der Waals surface area contributed by atoms with Crippen LogP contribution in [0.15, 0.2) is 53.3 Å². The zero-order chi connectivity index (χ0) is 21.1. The van der Waals surface area contributed by atoms with Gasteiger partial charge in [-0.1, -0.05) is 49.7 Å². The lowest BCUT2D eigenvalue weighted by Crippen LogP contribution is -2.31. The van der Waals surface area contributed by atoms with Gasteiger partial charge < -0.3 is 5.32 Å². The smallest absolute Gasteiger partial charge is 0.257 e. The van der Waals surface area contributed by atoms with Crippen LogP contribution in [0.3, 0.4) is 0 Å². The van der Waals surface area contributed by atoms with Crippen molar-refractivity contribution in [2.45, 2.75) is 40.2 Å². The molecule has 0 saturated carbocycles. The summed E-state index contributed by atoms with van der Waals surface area (Å²) in [4.78, 5) is 30.1. The van der Waals surface area contributed by atoms with Crippen molar-refractivity contribution in [3.8, 4) is 11.4 Å². The van der Waals surface area contributed by atoms with Crippen LogP contribution < -0.4 is 10.9 Å². The van der Waals surface area contributed by atoms with E-state index in [-0.39, 0.29) is 18.0 Å². The molecule has 1 heterocycles. The number of rotatable bonds is 5. The zero-order valence-electron chi connectivity index (χ0n) is 17.0. The van der Waals surface area contributed by atoms with Crippen molar-refractivity contribution < 1.29 is 4.79 Å². The predicted molar refractivity (Wildman–Crippen MR) is 118 cm³/mol. The predicted octanol–water partition coefficient (Wildman–Crippen LogP) is 4.94. The Morgan fingerprint density at radius 1 is 1.14 bits per heavy atom. The molecule has 0 fully saturated rings. The summed E-state index contributed by atoms with van der Waals surface area (Å²) in [5.74, 6) is 0.545. The van der Waals surface area contributed by atoms with Crippen LogP contribution in [-0.2, 0) is 11.3 Å². The third kappa shape index (κ3) is 4.74. The summed E-state index contributed by atoms with van der Waals surface area (Å²) in [7, 11) is 0. The second-order valence-corrected chi connectivity index (χ2v) is 7.81. The van der Waals surface area contributed by atoms with Crippen LogP contribution >= 0.6 is 11.6 Å². The number of amides is 1. The molecule has 6 heteroatoms. The van der Waals surface area contributed by atoms with Crippen molar-refractivity contribution in [3.05, 3.63) is 80.7 Å². The monoisotopic (exact) mass is 409 g/mol. The molecule has 0 aliphatic heterocycles. The fraction of sp³-hybridized carbons (Fsp3) is 0.261. The van der Waals surface area contributed by atoms with E-state index in [1.54, 1.807) is 32.0 Å². The van der Waals surface area contributed by atoms with Gasteiger partial charge in [0.1, 0.15) is 12.4 Å². The molecule has 0 unspecified atom stereocenters. The van der Waals surface area contributed by atoms with Crippen molar-refractivity contribution >= 4 is 23.2 Å². The topological polar surface area (TPSA) is 64.0 Å². The maximum Gasteiger partial charge on any atom is 0.257 e. The summed E-state index contributed by atoms with van der Waals surface area (Å²) in [6.07, 6.45) is 0. The van der Waals surface area contributed by atoms with Crippen molar-refractivity contribution in [3.63, 3.8) is 0 Å². The van der Waals surface area contributed by atoms with Gasteiger partial charge in [-0.3, -0.25) is 14.2 Å². The van der Waals surface area contributed by atoms with E-state index in [1.165, 1.54) is 10.1 Å². The number of halogens is 1. The third-order valence-electron chi connectivity index (χ3n) is 4.88. The highest BCUT2D eigenvalue weighted by atomic mass is 35.5. The first-order valence-corrected chi connectivity index (χ1v) is 9.88. The first kappa shape index (κ1) is 20.8. The molecule has 0 spiro atoms. The number of nitrogens with zero attached hydrogens (tertiary/aromatic N) is 2. The number of aryl methyl sites for hydroxylation is 1. The largest absolute Gasteiger partial charge is 0.325 e. The molecular formula is C23H24ClN3O2. The molecule has 0 radical (unpaired) electrons. The Kier molecular flexibility index (Phi) is 6.18. The Labute approximate surface area is 175 Å². The van der Waals surface area contributed by atoms with Gasteiger partial charge in [0.15, 0.2) is 0 Å². The number of nitrogens with one attached hydrogen (secondary N) is 1. The lowest BCUT2D eigenvalue weighted by atomic mass is 10.0. The summed E-state index contributed by atoms with van der Waals surface area (Å²) in [6.45, 7) is 7.59. The highest BCUT2D eigenvalue weighted by Gasteiger charge is 2.16. The van der Waals surface area contributed by atoms with E-state index >= 15 is 0 Å². The molecular weight excluding hydrogens is 386 g/mol. The van der Waals surface area contributed by atoms with Crippen LogP contribution in [0, 0.1) is 13.8 Å². The number of carbonyl (C=O) groups excluding carboxylic acids is 1. The molecule has 1 amide bonds. The lowest BCUT2D eigenvalue weighted by Gasteiger charge is -2.15. The molecule has 0 atom stereocenters. The number of benzene rings is 2. The van der Waals surface area contributed by atoms with Crippen molar-refractivity contribution in [1.29, 1.82) is 0 Å². The number of anilines is 1. The van der Waals surface area contributed by atoms with Crippen LogP contribution in [0.25, 0.3) is 11.4 Å². The van der Waals surface area contributed by atoms with Gasteiger partial charge in [0.25, 0.3) is 5.56 Å². The van der Waals surface area contributed by atoms with Crippen molar-refractivity contribution in [1.82, 2.24) is 9.55 Å². The minimum absolute atomic E-state index is 0.138. The van der Waals surface area contributed by atoms with E-state index in [0.29, 0.717) is 39.3 Å². The highest BCUT2D eigenvalue weighted by molar-refractivity contribution is 6.30. The average Bonchev–Trinajstić information content (AvgIpc) is 2.68. The maximum absolute atomic E-state index is 12.9. The molecule has 1 aromatic heterocycles. The molecule has 0 saturated heterocycles. The van der Waals surface area contributed by atoms with Crippen LogP contribution in [0.4, 0.5) is 5.69 Å². The molecule has 2 aromatic carbocycles.